The van der Waals surface area contributed by atoms with E-state index in [9.17, 15) is 4.79 Å². The Morgan fingerprint density at radius 1 is 1.33 bits per heavy atom. The number of hydrogen-bond acceptors (Lipinski definition) is 3. The summed E-state index contributed by atoms with van der Waals surface area (Å²) in [6.07, 6.45) is 1.71. The van der Waals surface area contributed by atoms with Crippen molar-refractivity contribution < 1.29 is 9.21 Å². The number of amides is 1. The van der Waals surface area contributed by atoms with Gasteiger partial charge in [-0.25, -0.2) is 4.98 Å². The third-order valence-electron chi connectivity index (χ3n) is 3.11. The molecule has 1 aromatic carbocycles. The van der Waals surface area contributed by atoms with Gasteiger partial charge in [0.2, 0.25) is 11.8 Å². The zero-order valence-corrected chi connectivity index (χ0v) is 10.8. The van der Waals surface area contributed by atoms with Gasteiger partial charge in [-0.1, -0.05) is 26.0 Å². The molecule has 0 unspecified atom stereocenters. The molecule has 0 atom stereocenters. The summed E-state index contributed by atoms with van der Waals surface area (Å²) in [7, 11) is 0. The van der Waals surface area contributed by atoms with Crippen molar-refractivity contribution >= 4 is 17.0 Å². The van der Waals surface area contributed by atoms with E-state index in [-0.39, 0.29) is 11.8 Å². The van der Waals surface area contributed by atoms with Gasteiger partial charge in [-0.05, 0) is 25.0 Å². The molecular formula is C14H18N2O2. The van der Waals surface area contributed by atoms with Gasteiger partial charge in [-0.3, -0.25) is 4.79 Å². The number of oxazole rings is 1. The molecule has 0 aliphatic carbocycles. The predicted octanol–water partition coefficient (Wildman–Crippen LogP) is 2.88. The van der Waals surface area contributed by atoms with E-state index >= 15 is 0 Å². The predicted molar refractivity (Wildman–Crippen MR) is 69.9 cm³/mol. The Bertz CT molecular complexity index is 496. The first-order valence-electron chi connectivity index (χ1n) is 6.36. The van der Waals surface area contributed by atoms with Crippen LogP contribution in [0, 0.1) is 5.92 Å². The first-order chi connectivity index (χ1) is 8.74. The van der Waals surface area contributed by atoms with E-state index in [2.05, 4.69) is 10.3 Å². The zero-order chi connectivity index (χ0) is 13.0. The molecule has 0 spiro atoms. The summed E-state index contributed by atoms with van der Waals surface area (Å²) in [6.45, 7) is 4.39. The maximum Gasteiger partial charge on any atom is 0.223 e. The highest BCUT2D eigenvalue weighted by atomic mass is 16.3. The third-order valence-corrected chi connectivity index (χ3v) is 3.11. The minimum absolute atomic E-state index is 0.0715. The van der Waals surface area contributed by atoms with Gasteiger partial charge in [0.25, 0.3) is 0 Å². The molecule has 18 heavy (non-hydrogen) atoms. The molecule has 0 aliphatic heterocycles. The molecule has 96 valence electrons. The monoisotopic (exact) mass is 246 g/mol. The molecule has 1 N–H and O–H groups in total. The Kier molecular flexibility index (Phi) is 3.97. The number of hydrogen-bond donors (Lipinski definition) is 1. The number of fused-ring (bicyclic) bond motifs is 1. The fourth-order valence-electron chi connectivity index (χ4n) is 1.96. The second-order valence-corrected chi connectivity index (χ2v) is 4.31. The Morgan fingerprint density at radius 3 is 2.72 bits per heavy atom. The largest absolute Gasteiger partial charge is 0.439 e. The van der Waals surface area contributed by atoms with Gasteiger partial charge in [-0.2, -0.15) is 0 Å². The SMILES string of the molecule is CCC(CC)C(=O)NCc1nc2ccccc2o1. The number of para-hydroxylation sites is 2. The molecular weight excluding hydrogens is 228 g/mol. The maximum absolute atomic E-state index is 11.8. The van der Waals surface area contributed by atoms with Crippen molar-refractivity contribution in [1.29, 1.82) is 0 Å². The lowest BCUT2D eigenvalue weighted by Gasteiger charge is -2.11. The van der Waals surface area contributed by atoms with Crippen LogP contribution in [-0.4, -0.2) is 10.9 Å². The van der Waals surface area contributed by atoms with Crippen molar-refractivity contribution in [1.82, 2.24) is 10.3 Å². The summed E-state index contributed by atoms with van der Waals surface area (Å²) in [5.74, 6) is 0.701. The van der Waals surface area contributed by atoms with Crippen LogP contribution in [0.3, 0.4) is 0 Å². The minimum Gasteiger partial charge on any atom is -0.439 e. The highest BCUT2D eigenvalue weighted by Gasteiger charge is 2.14. The molecule has 4 heteroatoms. The first-order valence-corrected chi connectivity index (χ1v) is 6.36. The van der Waals surface area contributed by atoms with Crippen LogP contribution in [0.2, 0.25) is 0 Å². The van der Waals surface area contributed by atoms with Gasteiger partial charge in [0.1, 0.15) is 5.52 Å². The van der Waals surface area contributed by atoms with Crippen molar-refractivity contribution in [3.05, 3.63) is 30.2 Å². The number of nitrogens with zero attached hydrogens (tertiary/aromatic N) is 1. The second-order valence-electron chi connectivity index (χ2n) is 4.31. The van der Waals surface area contributed by atoms with Gasteiger partial charge in [0, 0.05) is 5.92 Å². The Balaban J connectivity index is 1.99. The van der Waals surface area contributed by atoms with E-state index in [0.717, 1.165) is 23.9 Å². The molecule has 4 nitrogen and oxygen atoms in total. The van der Waals surface area contributed by atoms with Gasteiger partial charge >= 0.3 is 0 Å². The molecule has 0 saturated carbocycles. The van der Waals surface area contributed by atoms with Crippen LogP contribution in [0.1, 0.15) is 32.6 Å². The van der Waals surface area contributed by atoms with Crippen LogP contribution in [-0.2, 0) is 11.3 Å². The second kappa shape index (κ2) is 5.67. The Morgan fingerprint density at radius 2 is 2.06 bits per heavy atom. The Hall–Kier alpha value is -1.84. The normalized spacial score (nSPS) is 11.1. The van der Waals surface area contributed by atoms with Crippen LogP contribution in [0.25, 0.3) is 11.1 Å². The summed E-state index contributed by atoms with van der Waals surface area (Å²) < 4.78 is 5.54. The smallest absolute Gasteiger partial charge is 0.223 e. The lowest BCUT2D eigenvalue weighted by molar-refractivity contribution is -0.125. The quantitative estimate of drug-likeness (QED) is 0.882. The first kappa shape index (κ1) is 12.6. The summed E-state index contributed by atoms with van der Waals surface area (Å²) in [5, 5.41) is 2.87. The third kappa shape index (κ3) is 2.70. The molecule has 0 radical (unpaired) electrons. The van der Waals surface area contributed by atoms with Crippen molar-refractivity contribution in [2.45, 2.75) is 33.2 Å². The van der Waals surface area contributed by atoms with Crippen molar-refractivity contribution in [2.24, 2.45) is 5.92 Å². The van der Waals surface area contributed by atoms with Crippen LogP contribution >= 0.6 is 0 Å². The molecule has 1 aromatic heterocycles. The molecule has 2 rings (SSSR count). The van der Waals surface area contributed by atoms with Gasteiger partial charge < -0.3 is 9.73 Å². The fourth-order valence-corrected chi connectivity index (χ4v) is 1.96. The molecule has 0 saturated heterocycles. The fraction of sp³-hybridized carbons (Fsp3) is 0.429. The summed E-state index contributed by atoms with van der Waals surface area (Å²) in [6, 6.07) is 7.58. The number of carbonyl (C=O) groups is 1. The number of nitrogens with one attached hydrogen (secondary N) is 1. The Labute approximate surface area is 106 Å². The zero-order valence-electron chi connectivity index (χ0n) is 10.8. The van der Waals surface area contributed by atoms with Gasteiger partial charge in [0.15, 0.2) is 5.58 Å². The molecule has 0 fully saturated rings. The summed E-state index contributed by atoms with van der Waals surface area (Å²) in [4.78, 5) is 16.1. The lowest BCUT2D eigenvalue weighted by atomic mass is 10.0. The van der Waals surface area contributed by atoms with E-state index < -0.39 is 0 Å². The van der Waals surface area contributed by atoms with E-state index in [4.69, 9.17) is 4.42 Å². The molecule has 1 heterocycles. The van der Waals surface area contributed by atoms with Crippen LogP contribution in [0.4, 0.5) is 0 Å². The van der Waals surface area contributed by atoms with Crippen LogP contribution in [0.5, 0.6) is 0 Å². The van der Waals surface area contributed by atoms with Crippen molar-refractivity contribution in [3.8, 4) is 0 Å². The highest BCUT2D eigenvalue weighted by molar-refractivity contribution is 5.78. The number of aromatic nitrogens is 1. The highest BCUT2D eigenvalue weighted by Crippen LogP contribution is 2.14. The van der Waals surface area contributed by atoms with Crippen molar-refractivity contribution in [2.75, 3.05) is 0 Å². The maximum atomic E-state index is 11.8. The van der Waals surface area contributed by atoms with E-state index in [1.54, 1.807) is 0 Å². The lowest BCUT2D eigenvalue weighted by Crippen LogP contribution is -2.29. The number of benzene rings is 1. The van der Waals surface area contributed by atoms with E-state index in [0.29, 0.717) is 12.4 Å². The van der Waals surface area contributed by atoms with Crippen molar-refractivity contribution in [3.63, 3.8) is 0 Å². The summed E-state index contributed by atoms with van der Waals surface area (Å²) in [5.41, 5.74) is 1.58. The average molecular weight is 246 g/mol. The molecule has 2 aromatic rings. The standard InChI is InChI=1S/C14H18N2O2/c1-3-10(4-2)14(17)15-9-13-16-11-7-5-6-8-12(11)18-13/h5-8,10H,3-4,9H2,1-2H3,(H,15,17). The van der Waals surface area contributed by atoms with E-state index in [1.807, 2.05) is 38.1 Å². The van der Waals surface area contributed by atoms with Crippen LogP contribution < -0.4 is 5.32 Å². The van der Waals surface area contributed by atoms with Gasteiger partial charge in [-0.15, -0.1) is 0 Å². The minimum atomic E-state index is 0.0715. The molecule has 1 amide bonds. The molecule has 0 bridgehead atoms. The summed E-state index contributed by atoms with van der Waals surface area (Å²) >= 11 is 0. The number of carbonyl (C=O) groups excluding carboxylic acids is 1. The average Bonchev–Trinajstić information content (AvgIpc) is 2.80. The topological polar surface area (TPSA) is 55.1 Å². The van der Waals surface area contributed by atoms with E-state index in [1.165, 1.54) is 0 Å². The molecule has 0 aliphatic rings. The van der Waals surface area contributed by atoms with Gasteiger partial charge in [0.05, 0.1) is 6.54 Å². The number of rotatable bonds is 5. The van der Waals surface area contributed by atoms with Crippen LogP contribution in [0.15, 0.2) is 28.7 Å².